The lowest BCUT2D eigenvalue weighted by Crippen LogP contribution is -2.19. The Kier molecular flexibility index (Phi) is 6.94. The molecule has 2 aliphatic carbocycles. The summed E-state index contributed by atoms with van der Waals surface area (Å²) in [6.07, 6.45) is 9.23. The van der Waals surface area contributed by atoms with Crippen molar-refractivity contribution in [2.45, 2.75) is 80.1 Å². The van der Waals surface area contributed by atoms with Crippen LogP contribution in [0.25, 0.3) is 55.0 Å². The van der Waals surface area contributed by atoms with E-state index in [1.54, 1.807) is 0 Å². The molecule has 5 aromatic carbocycles. The van der Waals surface area contributed by atoms with Gasteiger partial charge in [-0.1, -0.05) is 139 Å². The van der Waals surface area contributed by atoms with Gasteiger partial charge in [-0.05, 0) is 138 Å². The van der Waals surface area contributed by atoms with Crippen molar-refractivity contribution >= 4 is 43.8 Å². The van der Waals surface area contributed by atoms with Crippen molar-refractivity contribution in [2.75, 3.05) is 0 Å². The smallest absolute Gasteiger partial charge is 0.00237 e. The summed E-state index contributed by atoms with van der Waals surface area (Å²) < 4.78 is 0. The molecule has 5 aromatic rings. The van der Waals surface area contributed by atoms with Gasteiger partial charge in [0.2, 0.25) is 0 Å². The van der Waals surface area contributed by atoms with E-state index in [9.17, 15) is 0 Å². The lowest BCUT2D eigenvalue weighted by Gasteiger charge is -2.32. The standard InChI is InChI=1S/C46H46/c1-11-16-31-29(4)32-20-15-21-33-30(25-26-34(31)40(32)33)27(2)23-24-38-39-28(3)17-14-22-37(39)41-42(38)44(46(8,9)10)36-19-13-12-18-35(36)43(41)45(5,6)7/h11-26H,1-10H3/b16-11-,27-23+,38-24+. The van der Waals surface area contributed by atoms with E-state index < -0.39 is 0 Å². The van der Waals surface area contributed by atoms with Gasteiger partial charge in [0.25, 0.3) is 0 Å². The predicted molar refractivity (Wildman–Crippen MR) is 204 cm³/mol. The third-order valence-corrected chi connectivity index (χ3v) is 10.2. The summed E-state index contributed by atoms with van der Waals surface area (Å²) in [5, 5.41) is 5.48. The molecule has 0 heteroatoms. The van der Waals surface area contributed by atoms with Crippen LogP contribution in [-0.4, -0.2) is 0 Å². The van der Waals surface area contributed by atoms with Crippen molar-refractivity contribution in [3.05, 3.63) is 142 Å². The second kappa shape index (κ2) is 10.6. The molecular formula is C46H46. The van der Waals surface area contributed by atoms with Crippen LogP contribution < -0.4 is 0 Å². The minimum atomic E-state index is -0.0406. The maximum absolute atomic E-state index is 2.43. The summed E-state index contributed by atoms with van der Waals surface area (Å²) in [6, 6.07) is 27.5. The van der Waals surface area contributed by atoms with Gasteiger partial charge in [-0.25, -0.2) is 0 Å². The van der Waals surface area contributed by atoms with Crippen LogP contribution >= 0.6 is 0 Å². The molecule has 0 bridgehead atoms. The fourth-order valence-corrected chi connectivity index (χ4v) is 8.37. The largest absolute Gasteiger partial charge is 0.0870 e. The van der Waals surface area contributed by atoms with Gasteiger partial charge in [0.15, 0.2) is 0 Å². The summed E-state index contributed by atoms with van der Waals surface area (Å²) in [7, 11) is 0. The van der Waals surface area contributed by atoms with Crippen LogP contribution in [0.2, 0.25) is 0 Å². The zero-order chi connectivity index (χ0) is 32.7. The normalized spacial score (nSPS) is 15.6. The van der Waals surface area contributed by atoms with Crippen molar-refractivity contribution in [3.63, 3.8) is 0 Å². The number of fused-ring (bicyclic) bond motifs is 4. The second-order valence-corrected chi connectivity index (χ2v) is 15.4. The van der Waals surface area contributed by atoms with Crippen LogP contribution in [0, 0.1) is 6.92 Å². The van der Waals surface area contributed by atoms with E-state index in [-0.39, 0.29) is 10.8 Å². The first-order chi connectivity index (χ1) is 21.8. The van der Waals surface area contributed by atoms with Gasteiger partial charge in [0.05, 0.1) is 0 Å². The first-order valence-corrected chi connectivity index (χ1v) is 16.8. The summed E-state index contributed by atoms with van der Waals surface area (Å²) in [5.74, 6) is 0. The number of aryl methyl sites for hydroxylation is 1. The molecule has 46 heavy (non-hydrogen) atoms. The average molecular weight is 599 g/mol. The first-order valence-electron chi connectivity index (χ1n) is 16.8. The minimum Gasteiger partial charge on any atom is -0.0870 e. The van der Waals surface area contributed by atoms with Crippen molar-refractivity contribution < 1.29 is 0 Å². The molecule has 2 aliphatic rings. The fourth-order valence-electron chi connectivity index (χ4n) is 8.37. The molecule has 0 unspecified atom stereocenters. The van der Waals surface area contributed by atoms with Crippen LogP contribution in [0.15, 0.2) is 97.1 Å². The van der Waals surface area contributed by atoms with Crippen molar-refractivity contribution in [1.82, 2.24) is 0 Å². The lowest BCUT2D eigenvalue weighted by atomic mass is 9.72. The minimum absolute atomic E-state index is 0.0229. The molecule has 230 valence electrons. The molecule has 0 fully saturated rings. The van der Waals surface area contributed by atoms with E-state index in [1.807, 2.05) is 0 Å². The Hall–Kier alpha value is -4.42. The Morgan fingerprint density at radius 2 is 1.22 bits per heavy atom. The highest BCUT2D eigenvalue weighted by Crippen LogP contribution is 2.56. The van der Waals surface area contributed by atoms with Gasteiger partial charge in [-0.2, -0.15) is 0 Å². The van der Waals surface area contributed by atoms with E-state index in [2.05, 4.69) is 166 Å². The highest BCUT2D eigenvalue weighted by Gasteiger charge is 2.37. The molecular weight excluding hydrogens is 553 g/mol. The number of benzene rings is 5. The van der Waals surface area contributed by atoms with E-state index in [4.69, 9.17) is 0 Å². The summed E-state index contributed by atoms with van der Waals surface area (Å²) in [6.45, 7) is 23.2. The van der Waals surface area contributed by atoms with Crippen LogP contribution in [-0.2, 0) is 10.8 Å². The van der Waals surface area contributed by atoms with Crippen molar-refractivity contribution in [1.29, 1.82) is 0 Å². The van der Waals surface area contributed by atoms with Gasteiger partial charge in [-0.15, -0.1) is 0 Å². The quantitative estimate of drug-likeness (QED) is 0.190. The topological polar surface area (TPSA) is 0 Å². The number of allylic oxidation sites excluding steroid dienone is 7. The summed E-state index contributed by atoms with van der Waals surface area (Å²) in [5.41, 5.74) is 19.1. The van der Waals surface area contributed by atoms with Gasteiger partial charge < -0.3 is 0 Å². The zero-order valence-electron chi connectivity index (χ0n) is 29.2. The van der Waals surface area contributed by atoms with Crippen molar-refractivity contribution in [3.8, 4) is 11.1 Å². The first kappa shape index (κ1) is 30.2. The van der Waals surface area contributed by atoms with E-state index in [0.717, 1.165) is 0 Å². The Bertz CT molecular complexity index is 2230. The highest BCUT2D eigenvalue weighted by molar-refractivity contribution is 6.17. The van der Waals surface area contributed by atoms with Crippen LogP contribution in [0.5, 0.6) is 0 Å². The van der Waals surface area contributed by atoms with E-state index >= 15 is 0 Å². The Balaban J connectivity index is 1.53. The summed E-state index contributed by atoms with van der Waals surface area (Å²) in [4.78, 5) is 0. The molecule has 0 amide bonds. The molecule has 0 heterocycles. The van der Waals surface area contributed by atoms with Gasteiger partial charge >= 0.3 is 0 Å². The third-order valence-electron chi connectivity index (χ3n) is 10.2. The predicted octanol–water partition coefficient (Wildman–Crippen LogP) is 13.2. The highest BCUT2D eigenvalue weighted by atomic mass is 14.4. The zero-order valence-corrected chi connectivity index (χ0v) is 29.2. The Labute approximate surface area is 275 Å². The summed E-state index contributed by atoms with van der Waals surface area (Å²) >= 11 is 0. The SMILES string of the molecule is C/C=C\C1=C(C)c2cccc3c(/C(C)=C/C=C4\c5c(C)cccc5-c5c4c(C(C)(C)C)c4ccccc4c5C(C)(C)C)ccc1c23. The molecule has 0 spiro atoms. The lowest BCUT2D eigenvalue weighted by molar-refractivity contribution is 0.586. The molecule has 0 atom stereocenters. The van der Waals surface area contributed by atoms with Gasteiger partial charge in [-0.3, -0.25) is 0 Å². The fraction of sp³-hybridized carbons (Fsp3) is 0.261. The maximum atomic E-state index is 2.43. The van der Waals surface area contributed by atoms with Crippen LogP contribution in [0.3, 0.4) is 0 Å². The van der Waals surface area contributed by atoms with Crippen molar-refractivity contribution in [2.24, 2.45) is 0 Å². The second-order valence-electron chi connectivity index (χ2n) is 15.4. The van der Waals surface area contributed by atoms with Gasteiger partial charge in [0, 0.05) is 0 Å². The molecule has 7 rings (SSSR count). The van der Waals surface area contributed by atoms with Gasteiger partial charge in [0.1, 0.15) is 0 Å². The molecule has 0 aromatic heterocycles. The Morgan fingerprint density at radius 3 is 1.87 bits per heavy atom. The molecule has 0 nitrogen and oxygen atoms in total. The monoisotopic (exact) mass is 598 g/mol. The molecule has 0 saturated heterocycles. The number of hydrogen-bond acceptors (Lipinski definition) is 0. The number of hydrogen-bond donors (Lipinski definition) is 0. The molecule has 0 saturated carbocycles. The van der Waals surface area contributed by atoms with E-state index in [1.165, 1.54) is 99.5 Å². The van der Waals surface area contributed by atoms with Crippen LogP contribution in [0.4, 0.5) is 0 Å². The molecule has 0 radical (unpaired) electrons. The molecule has 0 N–H and O–H groups in total. The molecule has 0 aliphatic heterocycles. The number of rotatable bonds is 3. The van der Waals surface area contributed by atoms with Crippen LogP contribution in [0.1, 0.15) is 107 Å². The third kappa shape index (κ3) is 4.41. The Morgan fingerprint density at radius 1 is 0.609 bits per heavy atom. The maximum Gasteiger partial charge on any atom is -0.00237 e. The average Bonchev–Trinajstić information content (AvgIpc) is 3.47. The van der Waals surface area contributed by atoms with E-state index in [0.29, 0.717) is 0 Å².